The Kier molecular flexibility index (Phi) is 5.84. The lowest BCUT2D eigenvalue weighted by Gasteiger charge is -2.37. The van der Waals surface area contributed by atoms with Crippen LogP contribution in [0.2, 0.25) is 5.02 Å². The molecule has 2 aromatic carbocycles. The molecule has 0 spiro atoms. The minimum Gasteiger partial charge on any atom is -0.363 e. The fourth-order valence-corrected chi connectivity index (χ4v) is 4.47. The van der Waals surface area contributed by atoms with Gasteiger partial charge in [0.15, 0.2) is 0 Å². The van der Waals surface area contributed by atoms with E-state index in [1.807, 2.05) is 53.4 Å². The molecule has 2 aliphatic heterocycles. The van der Waals surface area contributed by atoms with Crippen molar-refractivity contribution >= 4 is 34.8 Å². The quantitative estimate of drug-likeness (QED) is 0.544. The van der Waals surface area contributed by atoms with Gasteiger partial charge in [0.05, 0.1) is 12.1 Å². The van der Waals surface area contributed by atoms with Gasteiger partial charge in [0.25, 0.3) is 11.8 Å². The highest BCUT2D eigenvalue weighted by Gasteiger charge is 2.42. The molecule has 0 N–H and O–H groups in total. The van der Waals surface area contributed by atoms with Crippen molar-refractivity contribution in [1.29, 1.82) is 0 Å². The molecule has 1 aromatic heterocycles. The van der Waals surface area contributed by atoms with Gasteiger partial charge in [0.2, 0.25) is 0 Å². The lowest BCUT2D eigenvalue weighted by molar-refractivity contribution is -0.138. The maximum atomic E-state index is 13.6. The van der Waals surface area contributed by atoms with Crippen LogP contribution in [-0.4, -0.2) is 52.8 Å². The number of carbonyl (C=O) groups is 2. The van der Waals surface area contributed by atoms with Gasteiger partial charge in [0, 0.05) is 37.4 Å². The minimum atomic E-state index is -0.270. The molecule has 1 saturated heterocycles. The molecule has 5 rings (SSSR count). The summed E-state index contributed by atoms with van der Waals surface area (Å²) < 4.78 is 0. The summed E-state index contributed by atoms with van der Waals surface area (Å²) in [5.41, 5.74) is 2.53. The largest absolute Gasteiger partial charge is 0.363 e. The van der Waals surface area contributed by atoms with Crippen molar-refractivity contribution in [1.82, 2.24) is 14.8 Å². The monoisotopic (exact) mass is 458 g/mol. The molecule has 2 aliphatic rings. The first-order valence-electron chi connectivity index (χ1n) is 10.9. The molecule has 7 heteroatoms. The van der Waals surface area contributed by atoms with E-state index < -0.39 is 0 Å². The maximum Gasteiger partial charge on any atom is 0.278 e. The fraction of sp³-hybridized carbons (Fsp3) is 0.192. The van der Waals surface area contributed by atoms with E-state index in [2.05, 4.69) is 9.88 Å². The summed E-state index contributed by atoms with van der Waals surface area (Å²) in [5.74, 6) is 0.400. The van der Waals surface area contributed by atoms with Crippen LogP contribution in [0, 0.1) is 0 Å². The van der Waals surface area contributed by atoms with Crippen molar-refractivity contribution < 1.29 is 9.59 Å². The number of hydrogen-bond acceptors (Lipinski definition) is 5. The van der Waals surface area contributed by atoms with Gasteiger partial charge in [-0.3, -0.25) is 14.5 Å². The highest BCUT2D eigenvalue weighted by atomic mass is 35.5. The number of imide groups is 1. The summed E-state index contributed by atoms with van der Waals surface area (Å²) in [4.78, 5) is 37.1. The molecule has 0 bridgehead atoms. The molecule has 3 aromatic rings. The number of nitrogens with zero attached hydrogens (tertiary/aromatic N) is 4. The van der Waals surface area contributed by atoms with Gasteiger partial charge >= 0.3 is 0 Å². The Hall–Kier alpha value is -3.64. The highest BCUT2D eigenvalue weighted by Crippen LogP contribution is 2.34. The zero-order chi connectivity index (χ0) is 22.8. The van der Waals surface area contributed by atoms with Crippen molar-refractivity contribution in [2.75, 3.05) is 31.1 Å². The summed E-state index contributed by atoms with van der Waals surface area (Å²) >= 11 is 6.08. The predicted molar refractivity (Wildman–Crippen MR) is 128 cm³/mol. The number of piperazine rings is 1. The number of hydrogen-bond donors (Lipinski definition) is 0. The second kappa shape index (κ2) is 9.08. The van der Waals surface area contributed by atoms with Gasteiger partial charge in [-0.25, -0.2) is 4.98 Å². The molecule has 166 valence electrons. The van der Waals surface area contributed by atoms with E-state index in [1.54, 1.807) is 30.5 Å². The van der Waals surface area contributed by atoms with E-state index in [1.165, 1.54) is 4.90 Å². The summed E-state index contributed by atoms with van der Waals surface area (Å²) in [5, 5.41) is 0.586. The van der Waals surface area contributed by atoms with Gasteiger partial charge in [-0.05, 0) is 35.4 Å². The lowest BCUT2D eigenvalue weighted by atomic mass is 10.0. The number of aromatic nitrogens is 1. The average Bonchev–Trinajstić information content (AvgIpc) is 3.11. The minimum absolute atomic E-state index is 0.243. The number of carbonyl (C=O) groups excluding carboxylic acids is 2. The van der Waals surface area contributed by atoms with Crippen LogP contribution < -0.4 is 4.90 Å². The van der Waals surface area contributed by atoms with E-state index in [0.717, 1.165) is 11.4 Å². The molecule has 0 aliphatic carbocycles. The molecular formula is C26H23ClN4O2. The summed E-state index contributed by atoms with van der Waals surface area (Å²) in [6.07, 6.45) is 1.78. The number of benzene rings is 2. The topological polar surface area (TPSA) is 56.8 Å². The molecule has 0 saturated carbocycles. The number of amides is 2. The number of halogens is 1. The molecule has 2 amide bonds. The van der Waals surface area contributed by atoms with Crippen LogP contribution >= 0.6 is 11.6 Å². The lowest BCUT2D eigenvalue weighted by Crippen LogP contribution is -2.47. The number of pyridine rings is 1. The van der Waals surface area contributed by atoms with Crippen LogP contribution in [0.1, 0.15) is 11.1 Å². The first-order chi connectivity index (χ1) is 16.1. The first-order valence-corrected chi connectivity index (χ1v) is 11.3. The van der Waals surface area contributed by atoms with Gasteiger partial charge in [-0.1, -0.05) is 60.1 Å². The third-order valence-corrected chi connectivity index (χ3v) is 6.28. The van der Waals surface area contributed by atoms with Gasteiger partial charge in [0.1, 0.15) is 11.5 Å². The smallest absolute Gasteiger partial charge is 0.278 e. The summed E-state index contributed by atoms with van der Waals surface area (Å²) in [6, 6.07) is 22.5. The van der Waals surface area contributed by atoms with Crippen molar-refractivity contribution in [2.45, 2.75) is 6.54 Å². The zero-order valence-electron chi connectivity index (χ0n) is 18.0. The van der Waals surface area contributed by atoms with Gasteiger partial charge in [-0.2, -0.15) is 0 Å². The Labute approximate surface area is 197 Å². The molecule has 0 radical (unpaired) electrons. The van der Waals surface area contributed by atoms with E-state index in [9.17, 15) is 9.59 Å². The van der Waals surface area contributed by atoms with Gasteiger partial charge < -0.3 is 9.80 Å². The van der Waals surface area contributed by atoms with Gasteiger partial charge in [-0.15, -0.1) is 0 Å². The second-order valence-corrected chi connectivity index (χ2v) is 8.51. The molecular weight excluding hydrogens is 436 g/mol. The van der Waals surface area contributed by atoms with Crippen LogP contribution in [0.3, 0.4) is 0 Å². The van der Waals surface area contributed by atoms with Crippen molar-refractivity contribution in [3.63, 3.8) is 0 Å². The van der Waals surface area contributed by atoms with Crippen LogP contribution in [0.15, 0.2) is 84.7 Å². The van der Waals surface area contributed by atoms with Crippen LogP contribution in [0.5, 0.6) is 0 Å². The van der Waals surface area contributed by atoms with E-state index >= 15 is 0 Å². The Balaban J connectivity index is 1.45. The average molecular weight is 459 g/mol. The van der Waals surface area contributed by atoms with Crippen LogP contribution in [-0.2, 0) is 16.1 Å². The Bertz CT molecular complexity index is 1190. The van der Waals surface area contributed by atoms with E-state index in [-0.39, 0.29) is 18.4 Å². The molecule has 0 unspecified atom stereocenters. The third kappa shape index (κ3) is 4.22. The molecule has 1 fully saturated rings. The predicted octanol–water partition coefficient (Wildman–Crippen LogP) is 3.84. The number of anilines is 1. The van der Waals surface area contributed by atoms with Crippen LogP contribution in [0.25, 0.3) is 5.57 Å². The fourth-order valence-electron chi connectivity index (χ4n) is 4.34. The Morgan fingerprint density at radius 1 is 0.758 bits per heavy atom. The van der Waals surface area contributed by atoms with E-state index in [0.29, 0.717) is 48.0 Å². The number of rotatable bonds is 5. The van der Waals surface area contributed by atoms with Crippen molar-refractivity contribution in [2.24, 2.45) is 0 Å². The molecule has 33 heavy (non-hydrogen) atoms. The van der Waals surface area contributed by atoms with Crippen LogP contribution in [0.4, 0.5) is 5.82 Å². The standard InChI is InChI=1S/C26H23ClN4O2/c27-21-11-9-20(10-12-21)23-24(26(33)31(25(23)32)18-19-6-2-1-3-7-19)30-16-14-29(15-17-30)22-8-4-5-13-28-22/h1-13H,14-18H2. The normalized spacial score (nSPS) is 16.7. The van der Waals surface area contributed by atoms with Crippen molar-refractivity contribution in [3.05, 3.63) is 101 Å². The SMILES string of the molecule is O=C1C(c2ccc(Cl)cc2)=C(N2CCN(c3ccccn3)CC2)C(=O)N1Cc1ccccc1. The Morgan fingerprint density at radius 3 is 2.09 bits per heavy atom. The summed E-state index contributed by atoms with van der Waals surface area (Å²) in [7, 11) is 0. The summed E-state index contributed by atoms with van der Waals surface area (Å²) in [6.45, 7) is 2.93. The molecule has 6 nitrogen and oxygen atoms in total. The highest BCUT2D eigenvalue weighted by molar-refractivity contribution is 6.36. The molecule has 3 heterocycles. The first kappa shape index (κ1) is 21.2. The van der Waals surface area contributed by atoms with Crippen molar-refractivity contribution in [3.8, 4) is 0 Å². The molecule has 0 atom stereocenters. The Morgan fingerprint density at radius 2 is 1.42 bits per heavy atom. The second-order valence-electron chi connectivity index (χ2n) is 8.07. The zero-order valence-corrected chi connectivity index (χ0v) is 18.8. The maximum absolute atomic E-state index is 13.6. The third-order valence-electron chi connectivity index (χ3n) is 6.03. The van der Waals surface area contributed by atoms with E-state index in [4.69, 9.17) is 11.6 Å².